The molecule has 220 valence electrons. The molecule has 1 aliphatic carbocycles. The molecule has 2 aromatic carbocycles. The monoisotopic (exact) mass is 584 g/mol. The summed E-state index contributed by atoms with van der Waals surface area (Å²) in [4.78, 5) is 17.3. The van der Waals surface area contributed by atoms with Crippen LogP contribution in [0.2, 0.25) is 0 Å². The lowest BCUT2D eigenvalue weighted by Crippen LogP contribution is -2.51. The van der Waals surface area contributed by atoms with Gasteiger partial charge in [-0.05, 0) is 43.2 Å². The smallest absolute Gasteiger partial charge is 0.424 e. The molecule has 8 nitrogen and oxygen atoms in total. The maximum Gasteiger partial charge on any atom is 0.424 e. The minimum Gasteiger partial charge on any atom is -0.494 e. The van der Waals surface area contributed by atoms with Gasteiger partial charge >= 0.3 is 6.18 Å². The van der Waals surface area contributed by atoms with E-state index in [1.54, 1.807) is 24.7 Å². The first-order valence-electron chi connectivity index (χ1n) is 13.4. The van der Waals surface area contributed by atoms with Gasteiger partial charge in [-0.2, -0.15) is 18.3 Å². The van der Waals surface area contributed by atoms with Gasteiger partial charge in [-0.25, -0.2) is 9.37 Å². The van der Waals surface area contributed by atoms with Gasteiger partial charge < -0.3 is 19.9 Å². The number of nitrogens with one attached hydrogen (secondary N) is 1. The van der Waals surface area contributed by atoms with E-state index in [1.165, 1.54) is 37.4 Å². The van der Waals surface area contributed by atoms with Crippen molar-refractivity contribution in [2.75, 3.05) is 20.3 Å². The average molecular weight is 585 g/mol. The first-order valence-corrected chi connectivity index (χ1v) is 13.4. The molecule has 42 heavy (non-hydrogen) atoms. The van der Waals surface area contributed by atoms with E-state index in [9.17, 15) is 27.5 Å². The summed E-state index contributed by atoms with van der Waals surface area (Å²) in [5.74, 6) is -1.14. The van der Waals surface area contributed by atoms with Crippen LogP contribution in [0.1, 0.15) is 54.3 Å². The Morgan fingerprint density at radius 2 is 1.95 bits per heavy atom. The number of benzene rings is 2. The molecule has 1 saturated carbocycles. The Labute approximate surface area is 238 Å². The van der Waals surface area contributed by atoms with E-state index >= 15 is 0 Å². The van der Waals surface area contributed by atoms with Crippen LogP contribution in [0.4, 0.5) is 17.6 Å². The molecule has 2 aromatic heterocycles. The number of aliphatic hydroxyl groups is 1. The fourth-order valence-electron chi connectivity index (χ4n) is 5.14. The van der Waals surface area contributed by atoms with Crippen LogP contribution in [-0.4, -0.2) is 52.2 Å². The second-order valence-corrected chi connectivity index (χ2v) is 11.4. The number of aromatic nitrogens is 3. The highest BCUT2D eigenvalue weighted by atomic mass is 19.4. The summed E-state index contributed by atoms with van der Waals surface area (Å²) in [6.07, 6.45) is -1.53. The van der Waals surface area contributed by atoms with Crippen molar-refractivity contribution in [3.05, 3.63) is 71.3 Å². The molecule has 1 atom stereocenters. The number of ether oxygens (including phenoxy) is 2. The van der Waals surface area contributed by atoms with Crippen LogP contribution in [0.3, 0.4) is 0 Å². The molecule has 12 heteroatoms. The van der Waals surface area contributed by atoms with E-state index in [4.69, 9.17) is 9.47 Å². The highest BCUT2D eigenvalue weighted by Crippen LogP contribution is 2.48. The number of carbonyl (C=O) groups is 1. The van der Waals surface area contributed by atoms with Gasteiger partial charge in [0.15, 0.2) is 0 Å². The van der Waals surface area contributed by atoms with Crippen molar-refractivity contribution >= 4 is 16.8 Å². The van der Waals surface area contributed by atoms with Gasteiger partial charge in [0.1, 0.15) is 28.5 Å². The number of rotatable bonds is 7. The zero-order valence-corrected chi connectivity index (χ0v) is 23.1. The lowest BCUT2D eigenvalue weighted by atomic mass is 9.84. The number of alkyl halides is 3. The maximum atomic E-state index is 14.8. The fourth-order valence-corrected chi connectivity index (χ4v) is 5.14. The minimum atomic E-state index is -5.26. The van der Waals surface area contributed by atoms with Crippen LogP contribution in [0.25, 0.3) is 22.2 Å². The van der Waals surface area contributed by atoms with Gasteiger partial charge in [-0.15, -0.1) is 0 Å². The number of nitrogens with zero attached hydrogens (tertiary/aromatic N) is 3. The number of methoxy groups -OCH3 is 1. The lowest BCUT2D eigenvalue weighted by Gasteiger charge is -2.31. The summed E-state index contributed by atoms with van der Waals surface area (Å²) in [5.41, 5.74) is -4.49. The number of amides is 1. The SMILES string of the molecule is COc1cc(C(=O)NC[C@](O)(c2cc3c(c(-c4ccccc4F)n2)OCC3(C)C)C(F)(F)F)cc2cn(C3CC3)nc12. The van der Waals surface area contributed by atoms with Gasteiger partial charge in [-0.3, -0.25) is 9.48 Å². The Hall–Kier alpha value is -4.19. The molecule has 2 N–H and O–H groups in total. The molecular weight excluding hydrogens is 556 g/mol. The van der Waals surface area contributed by atoms with E-state index in [2.05, 4.69) is 15.4 Å². The van der Waals surface area contributed by atoms with Crippen molar-refractivity contribution in [1.29, 1.82) is 0 Å². The lowest BCUT2D eigenvalue weighted by molar-refractivity contribution is -0.265. The van der Waals surface area contributed by atoms with Crippen molar-refractivity contribution in [2.24, 2.45) is 0 Å². The number of fused-ring (bicyclic) bond motifs is 2. The first-order chi connectivity index (χ1) is 19.8. The van der Waals surface area contributed by atoms with Gasteiger partial charge in [0.2, 0.25) is 5.60 Å². The molecule has 6 rings (SSSR count). The molecule has 1 aliphatic heterocycles. The Bertz CT molecular complexity index is 1710. The normalized spacial score (nSPS) is 17.4. The summed E-state index contributed by atoms with van der Waals surface area (Å²) >= 11 is 0. The molecule has 0 saturated heterocycles. The highest BCUT2D eigenvalue weighted by Gasteiger charge is 2.57. The second kappa shape index (κ2) is 9.69. The standard InChI is InChI=1S/C30H28F4N4O4/c1-28(2)15-42-26-20(28)12-23(36-25(26)19-6-4-5-7-21(19)31)29(40,30(32,33)34)14-35-27(39)16-10-17-13-38(18-8-9-18)37-24(17)22(11-16)41-3/h4-7,10-13,18,40H,8-9,14-15H2,1-3H3,(H,35,39)/t29-/m0/s1. The molecule has 0 unspecified atom stereocenters. The minimum absolute atomic E-state index is 0.0303. The van der Waals surface area contributed by atoms with E-state index in [-0.39, 0.29) is 35.2 Å². The van der Waals surface area contributed by atoms with Crippen molar-refractivity contribution in [2.45, 2.75) is 49.9 Å². The van der Waals surface area contributed by atoms with Gasteiger partial charge in [-0.1, -0.05) is 26.0 Å². The van der Waals surface area contributed by atoms with Crippen molar-refractivity contribution in [3.63, 3.8) is 0 Å². The van der Waals surface area contributed by atoms with Crippen molar-refractivity contribution in [1.82, 2.24) is 20.1 Å². The molecule has 2 aliphatic rings. The Morgan fingerprint density at radius 3 is 2.62 bits per heavy atom. The summed E-state index contributed by atoms with van der Waals surface area (Å²) in [6, 6.07) is 9.78. The molecule has 0 spiro atoms. The third-order valence-corrected chi connectivity index (χ3v) is 7.80. The van der Waals surface area contributed by atoms with Gasteiger partial charge in [0.05, 0.1) is 32.0 Å². The zero-order valence-electron chi connectivity index (χ0n) is 23.1. The summed E-state index contributed by atoms with van der Waals surface area (Å²) < 4.78 is 71.6. The van der Waals surface area contributed by atoms with Gasteiger partial charge in [0, 0.05) is 33.7 Å². The maximum absolute atomic E-state index is 14.8. The van der Waals surface area contributed by atoms with Crippen LogP contribution in [0.5, 0.6) is 11.5 Å². The van der Waals surface area contributed by atoms with Crippen molar-refractivity contribution in [3.8, 4) is 22.8 Å². The molecule has 1 amide bonds. The van der Waals surface area contributed by atoms with Crippen molar-refractivity contribution < 1.29 is 36.9 Å². The number of halogens is 4. The summed E-state index contributed by atoms with van der Waals surface area (Å²) in [6.45, 7) is 2.40. The highest BCUT2D eigenvalue weighted by molar-refractivity contribution is 6.00. The third-order valence-electron chi connectivity index (χ3n) is 7.80. The number of hydrogen-bond acceptors (Lipinski definition) is 6. The second-order valence-electron chi connectivity index (χ2n) is 11.4. The number of carbonyl (C=O) groups excluding carboxylic acids is 1. The topological polar surface area (TPSA) is 98.5 Å². The number of pyridine rings is 1. The predicted molar refractivity (Wildman–Crippen MR) is 145 cm³/mol. The Morgan fingerprint density at radius 1 is 1.21 bits per heavy atom. The molecule has 0 radical (unpaired) electrons. The van der Waals surface area contributed by atoms with Crippen LogP contribution in [0.15, 0.2) is 48.7 Å². The van der Waals surface area contributed by atoms with E-state index < -0.39 is 41.2 Å². The Balaban J connectivity index is 1.38. The quantitative estimate of drug-likeness (QED) is 0.281. The predicted octanol–water partition coefficient (Wildman–Crippen LogP) is 5.43. The van der Waals surface area contributed by atoms with E-state index in [0.29, 0.717) is 22.2 Å². The molecule has 1 fully saturated rings. The Kier molecular flexibility index (Phi) is 6.45. The largest absolute Gasteiger partial charge is 0.494 e. The molecule has 0 bridgehead atoms. The third kappa shape index (κ3) is 4.63. The van der Waals surface area contributed by atoms with Crippen LogP contribution in [-0.2, 0) is 11.0 Å². The van der Waals surface area contributed by atoms with Crippen LogP contribution >= 0.6 is 0 Å². The van der Waals surface area contributed by atoms with E-state index in [0.717, 1.165) is 25.0 Å². The zero-order chi connectivity index (χ0) is 30.0. The average Bonchev–Trinajstić information content (AvgIpc) is 3.63. The summed E-state index contributed by atoms with van der Waals surface area (Å²) in [7, 11) is 1.41. The molecule has 3 heterocycles. The van der Waals surface area contributed by atoms with E-state index in [1.807, 2.05) is 0 Å². The van der Waals surface area contributed by atoms with Crippen LogP contribution in [0, 0.1) is 5.82 Å². The molecule has 4 aromatic rings. The number of hydrogen-bond donors (Lipinski definition) is 2. The molecular formula is C30H28F4N4O4. The summed E-state index contributed by atoms with van der Waals surface area (Å²) in [5, 5.41) is 18.6. The van der Waals surface area contributed by atoms with Crippen LogP contribution < -0.4 is 14.8 Å². The fraction of sp³-hybridized carbons (Fsp3) is 0.367. The first kappa shape index (κ1) is 28.0. The van der Waals surface area contributed by atoms with Gasteiger partial charge in [0.25, 0.3) is 5.91 Å².